The molecule has 0 atom stereocenters. The molecule has 1 aromatic carbocycles. The molecule has 0 saturated heterocycles. The van der Waals surface area contributed by atoms with Crippen LogP contribution in [0.15, 0.2) is 48.8 Å². The van der Waals surface area contributed by atoms with Crippen molar-refractivity contribution >= 4 is 17.2 Å². The molecule has 0 fully saturated rings. The summed E-state index contributed by atoms with van der Waals surface area (Å²) < 4.78 is 55.5. The summed E-state index contributed by atoms with van der Waals surface area (Å²) in [6, 6.07) is 7.82. The van der Waals surface area contributed by atoms with Crippen molar-refractivity contribution in [2.75, 3.05) is 5.32 Å². The molecule has 0 radical (unpaired) electrons. The zero-order valence-electron chi connectivity index (χ0n) is 16.3. The van der Waals surface area contributed by atoms with Crippen LogP contribution in [0.2, 0.25) is 0 Å². The third-order valence-electron chi connectivity index (χ3n) is 4.69. The standard InChI is InChI=1S/C21H15F4N5O/c1-11-9-17(13-5-3-4-6-14(13)21(23,24)25)29-30-18(12(2)27-19(11)30)20(31)28-16-7-8-26-10-15(16)22/h3-10H,1-2H3,(H,26,28,31). The number of rotatable bonds is 3. The molecule has 0 aliphatic carbocycles. The predicted octanol–water partition coefficient (Wildman–Crippen LogP) is 4.82. The molecular formula is C21H15F4N5O. The van der Waals surface area contributed by atoms with Gasteiger partial charge >= 0.3 is 6.18 Å². The van der Waals surface area contributed by atoms with Crippen LogP contribution in [-0.4, -0.2) is 25.5 Å². The van der Waals surface area contributed by atoms with E-state index in [-0.39, 0.29) is 22.6 Å². The Bertz CT molecular complexity index is 1310. The predicted molar refractivity (Wildman–Crippen MR) is 105 cm³/mol. The quantitative estimate of drug-likeness (QED) is 0.474. The molecule has 0 unspecified atom stereocenters. The zero-order valence-corrected chi connectivity index (χ0v) is 16.3. The molecule has 158 valence electrons. The number of aryl methyl sites for hydroxylation is 2. The van der Waals surface area contributed by atoms with E-state index in [0.29, 0.717) is 16.9 Å². The first kappa shape index (κ1) is 20.5. The highest BCUT2D eigenvalue weighted by atomic mass is 19.4. The number of aromatic nitrogens is 4. The van der Waals surface area contributed by atoms with E-state index in [0.717, 1.165) is 12.3 Å². The Kier molecular flexibility index (Phi) is 4.92. The monoisotopic (exact) mass is 429 g/mol. The van der Waals surface area contributed by atoms with Gasteiger partial charge in [-0.1, -0.05) is 18.2 Å². The van der Waals surface area contributed by atoms with Crippen molar-refractivity contribution in [1.82, 2.24) is 19.6 Å². The average Bonchev–Trinajstić information content (AvgIpc) is 3.05. The summed E-state index contributed by atoms with van der Waals surface area (Å²) in [5.41, 5.74) is 0.0831. The Labute approximate surface area is 173 Å². The largest absolute Gasteiger partial charge is 0.417 e. The first-order valence-corrected chi connectivity index (χ1v) is 9.11. The Hall–Kier alpha value is -3.82. The molecule has 6 nitrogen and oxygen atoms in total. The van der Waals surface area contributed by atoms with Gasteiger partial charge in [0.2, 0.25) is 0 Å². The van der Waals surface area contributed by atoms with E-state index in [4.69, 9.17) is 0 Å². The van der Waals surface area contributed by atoms with Crippen LogP contribution in [-0.2, 0) is 6.18 Å². The molecule has 4 aromatic rings. The molecule has 4 rings (SSSR count). The van der Waals surface area contributed by atoms with Crippen LogP contribution >= 0.6 is 0 Å². The maximum absolute atomic E-state index is 13.9. The lowest BCUT2D eigenvalue weighted by atomic mass is 10.0. The molecule has 31 heavy (non-hydrogen) atoms. The summed E-state index contributed by atoms with van der Waals surface area (Å²) in [6.45, 7) is 3.22. The van der Waals surface area contributed by atoms with Crippen molar-refractivity contribution in [3.63, 3.8) is 0 Å². The number of carbonyl (C=O) groups excluding carboxylic acids is 1. The van der Waals surface area contributed by atoms with Crippen LogP contribution in [0.1, 0.15) is 27.3 Å². The number of benzene rings is 1. The number of hydrogen-bond donors (Lipinski definition) is 1. The van der Waals surface area contributed by atoms with Gasteiger partial charge < -0.3 is 5.32 Å². The van der Waals surface area contributed by atoms with Gasteiger partial charge in [-0.15, -0.1) is 0 Å². The molecule has 0 aliphatic rings. The van der Waals surface area contributed by atoms with Gasteiger partial charge in [0.15, 0.2) is 17.2 Å². The van der Waals surface area contributed by atoms with Crippen molar-refractivity contribution in [2.24, 2.45) is 0 Å². The van der Waals surface area contributed by atoms with Gasteiger partial charge in [0, 0.05) is 11.8 Å². The number of anilines is 1. The van der Waals surface area contributed by atoms with Gasteiger partial charge in [-0.25, -0.2) is 13.9 Å². The van der Waals surface area contributed by atoms with E-state index in [1.807, 2.05) is 0 Å². The zero-order chi connectivity index (χ0) is 22.3. The van der Waals surface area contributed by atoms with E-state index >= 15 is 0 Å². The minimum Gasteiger partial charge on any atom is -0.318 e. The first-order chi connectivity index (χ1) is 14.7. The summed E-state index contributed by atoms with van der Waals surface area (Å²) in [5, 5.41) is 6.70. The normalized spacial score (nSPS) is 11.7. The van der Waals surface area contributed by atoms with E-state index < -0.39 is 23.5 Å². The highest BCUT2D eigenvalue weighted by Crippen LogP contribution is 2.36. The fourth-order valence-corrected chi connectivity index (χ4v) is 3.28. The summed E-state index contributed by atoms with van der Waals surface area (Å²) in [5.74, 6) is -1.44. The van der Waals surface area contributed by atoms with Gasteiger partial charge in [-0.05, 0) is 37.6 Å². The lowest BCUT2D eigenvalue weighted by Crippen LogP contribution is -2.18. The highest BCUT2D eigenvalue weighted by Gasteiger charge is 2.34. The second-order valence-electron chi connectivity index (χ2n) is 6.85. The minimum absolute atomic E-state index is 0.0133. The van der Waals surface area contributed by atoms with Crippen LogP contribution in [0.5, 0.6) is 0 Å². The lowest BCUT2D eigenvalue weighted by molar-refractivity contribution is -0.137. The molecule has 0 bridgehead atoms. The van der Waals surface area contributed by atoms with E-state index in [1.165, 1.54) is 41.0 Å². The average molecular weight is 429 g/mol. The summed E-state index contributed by atoms with van der Waals surface area (Å²) in [6.07, 6.45) is -2.31. The number of imidazole rings is 1. The molecule has 3 aromatic heterocycles. The SMILES string of the molecule is Cc1nc2c(C)cc(-c3ccccc3C(F)(F)F)nn2c1C(=O)Nc1ccncc1F. The maximum Gasteiger partial charge on any atom is 0.417 e. The van der Waals surface area contributed by atoms with Gasteiger partial charge in [0.05, 0.1) is 28.8 Å². The fraction of sp³-hybridized carbons (Fsp3) is 0.143. The molecule has 10 heteroatoms. The second kappa shape index (κ2) is 7.46. The van der Waals surface area contributed by atoms with Crippen LogP contribution in [0.4, 0.5) is 23.2 Å². The number of fused-ring (bicyclic) bond motifs is 1. The molecule has 0 aliphatic heterocycles. The third kappa shape index (κ3) is 3.72. The molecule has 1 amide bonds. The van der Waals surface area contributed by atoms with Crippen LogP contribution in [0.25, 0.3) is 16.9 Å². The van der Waals surface area contributed by atoms with Crippen molar-refractivity contribution < 1.29 is 22.4 Å². The Balaban J connectivity index is 1.87. The highest BCUT2D eigenvalue weighted by molar-refractivity contribution is 6.04. The summed E-state index contributed by atoms with van der Waals surface area (Å²) >= 11 is 0. The third-order valence-corrected chi connectivity index (χ3v) is 4.69. The Morgan fingerprint density at radius 2 is 1.87 bits per heavy atom. The van der Waals surface area contributed by atoms with Crippen molar-refractivity contribution in [3.05, 3.63) is 77.1 Å². The molecule has 3 heterocycles. The summed E-state index contributed by atoms with van der Waals surface area (Å²) in [7, 11) is 0. The maximum atomic E-state index is 13.9. The smallest absolute Gasteiger partial charge is 0.318 e. The second-order valence-corrected chi connectivity index (χ2v) is 6.85. The molecule has 0 saturated carbocycles. The van der Waals surface area contributed by atoms with E-state index in [9.17, 15) is 22.4 Å². The van der Waals surface area contributed by atoms with Gasteiger partial charge in [-0.3, -0.25) is 9.78 Å². The van der Waals surface area contributed by atoms with Crippen LogP contribution < -0.4 is 5.32 Å². The molecule has 0 spiro atoms. The van der Waals surface area contributed by atoms with E-state index in [1.54, 1.807) is 13.8 Å². The molecule has 1 N–H and O–H groups in total. The lowest BCUT2D eigenvalue weighted by Gasteiger charge is -2.13. The topological polar surface area (TPSA) is 72.2 Å². The fourth-order valence-electron chi connectivity index (χ4n) is 3.28. The Morgan fingerprint density at radius 1 is 1.13 bits per heavy atom. The number of hydrogen-bond acceptors (Lipinski definition) is 4. The van der Waals surface area contributed by atoms with Crippen molar-refractivity contribution in [3.8, 4) is 11.3 Å². The number of nitrogens with zero attached hydrogens (tertiary/aromatic N) is 4. The van der Waals surface area contributed by atoms with Crippen molar-refractivity contribution in [1.29, 1.82) is 0 Å². The van der Waals surface area contributed by atoms with Crippen LogP contribution in [0.3, 0.4) is 0 Å². The van der Waals surface area contributed by atoms with E-state index in [2.05, 4.69) is 20.4 Å². The van der Waals surface area contributed by atoms with Gasteiger partial charge in [0.25, 0.3) is 5.91 Å². The first-order valence-electron chi connectivity index (χ1n) is 9.11. The Morgan fingerprint density at radius 3 is 2.58 bits per heavy atom. The van der Waals surface area contributed by atoms with Crippen molar-refractivity contribution in [2.45, 2.75) is 20.0 Å². The van der Waals surface area contributed by atoms with Gasteiger partial charge in [0.1, 0.15) is 0 Å². The number of alkyl halides is 3. The minimum atomic E-state index is -4.58. The van der Waals surface area contributed by atoms with Gasteiger partial charge in [-0.2, -0.15) is 18.3 Å². The van der Waals surface area contributed by atoms with Crippen LogP contribution in [0, 0.1) is 19.7 Å². The number of carbonyl (C=O) groups is 1. The number of halogens is 4. The number of pyridine rings is 1. The number of amides is 1. The number of nitrogens with one attached hydrogen (secondary N) is 1. The summed E-state index contributed by atoms with van der Waals surface area (Å²) in [4.78, 5) is 20.8. The molecular weight excluding hydrogens is 414 g/mol.